The molecule has 1 unspecified atom stereocenters. The number of esters is 1. The van der Waals surface area contributed by atoms with Gasteiger partial charge in [0.15, 0.2) is 0 Å². The van der Waals surface area contributed by atoms with Crippen LogP contribution in [-0.4, -0.2) is 23.7 Å². The van der Waals surface area contributed by atoms with Crippen molar-refractivity contribution in [2.75, 3.05) is 6.61 Å². The van der Waals surface area contributed by atoms with E-state index in [1.807, 2.05) is 0 Å². The van der Waals surface area contributed by atoms with E-state index in [9.17, 15) is 14.7 Å². The smallest absolute Gasteiger partial charge is 0.329 e. The van der Waals surface area contributed by atoms with Gasteiger partial charge in [-0.15, -0.1) is 11.8 Å². The first-order valence-corrected chi connectivity index (χ1v) is 6.43. The van der Waals surface area contributed by atoms with Crippen LogP contribution in [0.1, 0.15) is 25.8 Å². The van der Waals surface area contributed by atoms with Crippen LogP contribution in [0, 0.1) is 11.8 Å². The van der Waals surface area contributed by atoms with Crippen LogP contribution in [0.4, 0.5) is 0 Å². The van der Waals surface area contributed by atoms with Gasteiger partial charge in [0.1, 0.15) is 0 Å². The first kappa shape index (κ1) is 16.1. The highest BCUT2D eigenvalue weighted by Crippen LogP contribution is 2.35. The molecular weight excluding hydrogens is 280 g/mol. The maximum Gasteiger partial charge on any atom is 0.329 e. The van der Waals surface area contributed by atoms with Gasteiger partial charge in [0.25, 0.3) is 0 Å². The van der Waals surface area contributed by atoms with Gasteiger partial charge in [-0.25, -0.2) is 0 Å². The van der Waals surface area contributed by atoms with E-state index in [1.165, 1.54) is 12.1 Å². The molecule has 1 aromatic rings. The Labute approximate surface area is 122 Å². The monoisotopic (exact) mass is 294 g/mol. The molecule has 5 heteroatoms. The molecule has 0 saturated heterocycles. The molecule has 0 aliphatic heterocycles. The van der Waals surface area contributed by atoms with E-state index in [2.05, 4.69) is 11.8 Å². The third-order valence-electron chi connectivity index (χ3n) is 2.85. The van der Waals surface area contributed by atoms with Gasteiger partial charge in [-0.05, 0) is 19.9 Å². The molecular formula is C15H15ClO4. The van der Waals surface area contributed by atoms with Crippen molar-refractivity contribution in [1.29, 1.82) is 0 Å². The van der Waals surface area contributed by atoms with E-state index in [0.29, 0.717) is 0 Å². The standard InChI is InChI=1S/C15H15ClO4/c1-3-5-10-15(13(17)18,14(19)20-4-2)11-8-6-7-9-12(11)16/h6-9H,4,10H2,1-2H3,(H,17,18). The van der Waals surface area contributed by atoms with Crippen molar-refractivity contribution in [3.05, 3.63) is 34.9 Å². The van der Waals surface area contributed by atoms with Crippen molar-refractivity contribution >= 4 is 23.5 Å². The summed E-state index contributed by atoms with van der Waals surface area (Å²) < 4.78 is 4.93. The second-order valence-corrected chi connectivity index (χ2v) is 4.42. The molecule has 0 bridgehead atoms. The molecule has 1 aromatic carbocycles. The number of ether oxygens (including phenoxy) is 1. The lowest BCUT2D eigenvalue weighted by atomic mass is 9.77. The van der Waals surface area contributed by atoms with Gasteiger partial charge < -0.3 is 9.84 Å². The minimum atomic E-state index is -1.91. The number of benzene rings is 1. The van der Waals surface area contributed by atoms with Crippen molar-refractivity contribution in [2.45, 2.75) is 25.7 Å². The van der Waals surface area contributed by atoms with E-state index in [0.717, 1.165) is 0 Å². The quantitative estimate of drug-likeness (QED) is 0.515. The number of hydrogen-bond donors (Lipinski definition) is 1. The molecule has 0 spiro atoms. The molecule has 1 atom stereocenters. The average Bonchev–Trinajstić information content (AvgIpc) is 2.41. The minimum absolute atomic E-state index is 0.0812. The Bertz CT molecular complexity index is 571. The largest absolute Gasteiger partial charge is 0.480 e. The molecule has 1 rings (SSSR count). The number of aliphatic carboxylic acids is 1. The lowest BCUT2D eigenvalue weighted by Crippen LogP contribution is -2.45. The Kier molecular flexibility index (Phi) is 5.60. The summed E-state index contributed by atoms with van der Waals surface area (Å²) in [6, 6.07) is 6.32. The van der Waals surface area contributed by atoms with Crippen LogP contribution in [0.2, 0.25) is 5.02 Å². The fraction of sp³-hybridized carbons (Fsp3) is 0.333. The molecule has 0 fully saturated rings. The molecule has 0 saturated carbocycles. The summed E-state index contributed by atoms with van der Waals surface area (Å²) in [4.78, 5) is 24.0. The Morgan fingerprint density at radius 2 is 2.05 bits per heavy atom. The number of hydrogen-bond acceptors (Lipinski definition) is 3. The zero-order chi connectivity index (χ0) is 15.2. The lowest BCUT2D eigenvalue weighted by Gasteiger charge is -2.26. The van der Waals surface area contributed by atoms with Crippen molar-refractivity contribution in [2.24, 2.45) is 0 Å². The summed E-state index contributed by atoms with van der Waals surface area (Å²) in [6.45, 7) is 3.27. The Morgan fingerprint density at radius 3 is 2.55 bits per heavy atom. The SMILES string of the molecule is CC#CCC(C(=O)O)(C(=O)OCC)c1ccccc1Cl. The number of carbonyl (C=O) groups excluding carboxylic acids is 1. The number of carboxylic acid groups (broad SMARTS) is 1. The summed E-state index contributed by atoms with van der Waals surface area (Å²) in [5.74, 6) is 3.06. The van der Waals surface area contributed by atoms with E-state index < -0.39 is 17.4 Å². The normalized spacial score (nSPS) is 12.8. The summed E-state index contributed by atoms with van der Waals surface area (Å²) in [5, 5.41) is 9.79. The highest BCUT2D eigenvalue weighted by Gasteiger charge is 2.50. The van der Waals surface area contributed by atoms with Gasteiger partial charge in [-0.1, -0.05) is 29.8 Å². The van der Waals surface area contributed by atoms with Crippen LogP contribution in [0.3, 0.4) is 0 Å². The second-order valence-electron chi connectivity index (χ2n) is 4.01. The van der Waals surface area contributed by atoms with Gasteiger partial charge in [0.2, 0.25) is 5.41 Å². The summed E-state index contributed by atoms with van der Waals surface area (Å²) >= 11 is 6.06. The fourth-order valence-electron chi connectivity index (χ4n) is 1.84. The van der Waals surface area contributed by atoms with Gasteiger partial charge in [-0.2, -0.15) is 0 Å². The molecule has 1 N–H and O–H groups in total. The van der Waals surface area contributed by atoms with Crippen LogP contribution >= 0.6 is 11.6 Å². The molecule has 0 radical (unpaired) electrons. The molecule has 0 amide bonds. The summed E-state index contributed by atoms with van der Waals surface area (Å²) in [6.07, 6.45) is -0.193. The zero-order valence-corrected chi connectivity index (χ0v) is 12.0. The van der Waals surface area contributed by atoms with E-state index in [1.54, 1.807) is 26.0 Å². The average molecular weight is 295 g/mol. The predicted molar refractivity (Wildman–Crippen MR) is 75.5 cm³/mol. The fourth-order valence-corrected chi connectivity index (χ4v) is 2.14. The topological polar surface area (TPSA) is 63.6 Å². The molecule has 106 valence electrons. The van der Waals surface area contributed by atoms with Gasteiger partial charge in [0, 0.05) is 17.0 Å². The Hall–Kier alpha value is -1.99. The molecule has 0 aliphatic carbocycles. The third kappa shape index (κ3) is 2.94. The summed E-state index contributed by atoms with van der Waals surface area (Å²) in [7, 11) is 0. The number of carboxylic acids is 1. The van der Waals surface area contributed by atoms with Crippen LogP contribution < -0.4 is 0 Å². The van der Waals surface area contributed by atoms with Gasteiger partial charge in [-0.3, -0.25) is 9.59 Å². The van der Waals surface area contributed by atoms with Crippen molar-refractivity contribution in [1.82, 2.24) is 0 Å². The molecule has 20 heavy (non-hydrogen) atoms. The summed E-state index contributed by atoms with van der Waals surface area (Å²) in [5.41, 5.74) is -1.72. The van der Waals surface area contributed by atoms with Crippen LogP contribution in [0.5, 0.6) is 0 Å². The minimum Gasteiger partial charge on any atom is -0.480 e. The van der Waals surface area contributed by atoms with Crippen LogP contribution in [0.15, 0.2) is 24.3 Å². The van der Waals surface area contributed by atoms with Gasteiger partial charge >= 0.3 is 11.9 Å². The van der Waals surface area contributed by atoms with Gasteiger partial charge in [0.05, 0.1) is 6.61 Å². The molecule has 4 nitrogen and oxygen atoms in total. The Balaban J connectivity index is 3.51. The first-order valence-electron chi connectivity index (χ1n) is 6.06. The lowest BCUT2D eigenvalue weighted by molar-refractivity contribution is -0.161. The van der Waals surface area contributed by atoms with E-state index in [-0.39, 0.29) is 23.6 Å². The number of carbonyl (C=O) groups is 2. The van der Waals surface area contributed by atoms with Crippen molar-refractivity contribution < 1.29 is 19.4 Å². The van der Waals surface area contributed by atoms with E-state index in [4.69, 9.17) is 16.3 Å². The Morgan fingerprint density at radius 1 is 1.40 bits per heavy atom. The van der Waals surface area contributed by atoms with Crippen LogP contribution in [-0.2, 0) is 19.7 Å². The maximum absolute atomic E-state index is 12.2. The number of halogens is 1. The number of rotatable bonds is 5. The first-order chi connectivity index (χ1) is 9.50. The predicted octanol–water partition coefficient (Wildman–Crippen LogP) is 2.64. The second kappa shape index (κ2) is 6.97. The van der Waals surface area contributed by atoms with E-state index >= 15 is 0 Å². The van der Waals surface area contributed by atoms with Crippen LogP contribution in [0.25, 0.3) is 0 Å². The highest BCUT2D eigenvalue weighted by atomic mass is 35.5. The van der Waals surface area contributed by atoms with Crippen molar-refractivity contribution in [3.8, 4) is 11.8 Å². The maximum atomic E-state index is 12.2. The zero-order valence-electron chi connectivity index (χ0n) is 11.3. The molecule has 0 heterocycles. The van der Waals surface area contributed by atoms with Crippen molar-refractivity contribution in [3.63, 3.8) is 0 Å². The third-order valence-corrected chi connectivity index (χ3v) is 3.18. The molecule has 0 aliphatic rings. The highest BCUT2D eigenvalue weighted by molar-refractivity contribution is 6.32. The molecule has 0 aromatic heterocycles.